The summed E-state index contributed by atoms with van der Waals surface area (Å²) in [6.07, 6.45) is 3.77. The summed E-state index contributed by atoms with van der Waals surface area (Å²) in [5.41, 5.74) is 2.39. The van der Waals surface area contributed by atoms with E-state index in [4.69, 9.17) is 4.74 Å². The van der Waals surface area contributed by atoms with Crippen LogP contribution in [0.2, 0.25) is 0 Å². The van der Waals surface area contributed by atoms with Crippen LogP contribution in [0.15, 0.2) is 29.4 Å². The average Bonchev–Trinajstić information content (AvgIpc) is 3.00. The Labute approximate surface area is 142 Å². The van der Waals surface area contributed by atoms with E-state index in [0.29, 0.717) is 6.61 Å². The van der Waals surface area contributed by atoms with Crippen LogP contribution in [0.3, 0.4) is 0 Å². The predicted molar refractivity (Wildman–Crippen MR) is 94.8 cm³/mol. The Morgan fingerprint density at radius 3 is 2.52 bits per heavy atom. The van der Waals surface area contributed by atoms with E-state index in [1.54, 1.807) is 18.9 Å². The molecule has 0 N–H and O–H groups in total. The molecule has 23 heavy (non-hydrogen) atoms. The van der Waals surface area contributed by atoms with Crippen LogP contribution in [0.4, 0.5) is 5.95 Å². The number of thioether (sulfide) groups is 1. The first kappa shape index (κ1) is 16.3. The molecule has 0 atom stereocenters. The van der Waals surface area contributed by atoms with Gasteiger partial charge in [0.2, 0.25) is 5.95 Å². The van der Waals surface area contributed by atoms with E-state index in [2.05, 4.69) is 50.9 Å². The molecule has 1 aromatic carbocycles. The minimum Gasteiger partial charge on any atom is -0.384 e. The molecule has 2 heterocycles. The summed E-state index contributed by atoms with van der Waals surface area (Å²) >= 11 is 1.69. The smallest absolute Gasteiger partial charge is 0.232 e. The van der Waals surface area contributed by atoms with Gasteiger partial charge in [0.1, 0.15) is 0 Å². The highest BCUT2D eigenvalue weighted by atomic mass is 32.2. The summed E-state index contributed by atoms with van der Waals surface area (Å²) in [7, 11) is 1.73. The van der Waals surface area contributed by atoms with E-state index in [1.807, 2.05) is 0 Å². The highest BCUT2D eigenvalue weighted by Gasteiger charge is 2.21. The molecule has 3 rings (SSSR count). The Morgan fingerprint density at radius 1 is 1.09 bits per heavy atom. The van der Waals surface area contributed by atoms with Crippen molar-refractivity contribution in [1.29, 1.82) is 0 Å². The fraction of sp³-hybridized carbons (Fsp3) is 0.529. The molecule has 1 aromatic heterocycles. The van der Waals surface area contributed by atoms with Gasteiger partial charge in [-0.25, -0.2) is 0 Å². The van der Waals surface area contributed by atoms with Crippen LogP contribution in [0.25, 0.3) is 5.69 Å². The molecule has 124 valence electrons. The summed E-state index contributed by atoms with van der Waals surface area (Å²) in [5.74, 6) is 1.84. The van der Waals surface area contributed by atoms with Gasteiger partial charge in [-0.2, -0.15) is 0 Å². The molecule has 1 aliphatic heterocycles. The van der Waals surface area contributed by atoms with Gasteiger partial charge in [0.25, 0.3) is 0 Å². The van der Waals surface area contributed by atoms with Crippen molar-refractivity contribution in [1.82, 2.24) is 14.8 Å². The van der Waals surface area contributed by atoms with Crippen molar-refractivity contribution in [2.24, 2.45) is 0 Å². The molecule has 6 heteroatoms. The monoisotopic (exact) mass is 332 g/mol. The summed E-state index contributed by atoms with van der Waals surface area (Å²) in [5, 5.41) is 9.87. The molecule has 0 radical (unpaired) electrons. The number of aromatic nitrogens is 3. The van der Waals surface area contributed by atoms with Crippen LogP contribution in [0.1, 0.15) is 24.8 Å². The Balaban J connectivity index is 1.93. The van der Waals surface area contributed by atoms with Gasteiger partial charge in [0, 0.05) is 26.0 Å². The zero-order chi connectivity index (χ0) is 16.1. The third-order valence-corrected chi connectivity index (χ3v) is 4.96. The number of anilines is 1. The van der Waals surface area contributed by atoms with Crippen molar-refractivity contribution >= 4 is 17.7 Å². The highest BCUT2D eigenvalue weighted by molar-refractivity contribution is 7.99. The number of nitrogens with zero attached hydrogens (tertiary/aromatic N) is 4. The SMILES string of the molecule is COCCSc1nnc(N2CCCCC2)n1-c1ccc(C)cc1. The van der Waals surface area contributed by atoms with E-state index >= 15 is 0 Å². The van der Waals surface area contributed by atoms with Gasteiger partial charge >= 0.3 is 0 Å². The summed E-state index contributed by atoms with van der Waals surface area (Å²) in [4.78, 5) is 2.36. The summed E-state index contributed by atoms with van der Waals surface area (Å²) in [6.45, 7) is 4.94. The molecule has 2 aromatic rings. The van der Waals surface area contributed by atoms with E-state index in [0.717, 1.165) is 35.6 Å². The summed E-state index contributed by atoms with van der Waals surface area (Å²) in [6, 6.07) is 8.57. The lowest BCUT2D eigenvalue weighted by Gasteiger charge is -2.27. The molecular formula is C17H24N4OS. The van der Waals surface area contributed by atoms with Crippen LogP contribution in [-0.2, 0) is 4.74 Å². The molecule has 0 unspecified atom stereocenters. The standard InChI is InChI=1S/C17H24N4OS/c1-14-6-8-15(9-7-14)21-16(20-10-4-3-5-11-20)18-19-17(21)23-13-12-22-2/h6-9H,3-5,10-13H2,1-2H3. The van der Waals surface area contributed by atoms with Crippen LogP contribution in [0, 0.1) is 6.92 Å². The van der Waals surface area contributed by atoms with Crippen LogP contribution in [-0.4, -0.2) is 47.3 Å². The number of methoxy groups -OCH3 is 1. The molecule has 0 aliphatic carbocycles. The Bertz CT molecular complexity index is 620. The third-order valence-electron chi connectivity index (χ3n) is 4.07. The van der Waals surface area contributed by atoms with E-state index < -0.39 is 0 Å². The lowest BCUT2D eigenvalue weighted by Crippen LogP contribution is -2.31. The van der Waals surface area contributed by atoms with E-state index in [-0.39, 0.29) is 0 Å². The molecule has 5 nitrogen and oxygen atoms in total. The predicted octanol–water partition coefficient (Wildman–Crippen LogP) is 3.30. The summed E-state index contributed by atoms with van der Waals surface area (Å²) < 4.78 is 7.34. The van der Waals surface area contributed by atoms with Crippen LogP contribution < -0.4 is 4.90 Å². The minimum absolute atomic E-state index is 0.713. The molecule has 0 spiro atoms. The molecule has 0 bridgehead atoms. The molecule has 0 amide bonds. The third kappa shape index (κ3) is 3.87. The van der Waals surface area contributed by atoms with Crippen molar-refractivity contribution < 1.29 is 4.74 Å². The van der Waals surface area contributed by atoms with Gasteiger partial charge in [-0.3, -0.25) is 4.57 Å². The van der Waals surface area contributed by atoms with Gasteiger partial charge in [0.15, 0.2) is 5.16 Å². The Hall–Kier alpha value is -1.53. The molecule has 1 aliphatic rings. The van der Waals surface area contributed by atoms with Gasteiger partial charge in [-0.1, -0.05) is 29.5 Å². The zero-order valence-electron chi connectivity index (χ0n) is 13.9. The largest absolute Gasteiger partial charge is 0.384 e. The first-order chi connectivity index (χ1) is 11.3. The van der Waals surface area contributed by atoms with Gasteiger partial charge in [-0.05, 0) is 38.3 Å². The number of hydrogen-bond acceptors (Lipinski definition) is 5. The number of benzene rings is 1. The maximum Gasteiger partial charge on any atom is 0.232 e. The van der Waals surface area contributed by atoms with E-state index in [1.165, 1.54) is 24.8 Å². The van der Waals surface area contributed by atoms with Crippen LogP contribution in [0.5, 0.6) is 0 Å². The second kappa shape index (κ2) is 7.84. The highest BCUT2D eigenvalue weighted by Crippen LogP contribution is 2.28. The lowest BCUT2D eigenvalue weighted by molar-refractivity contribution is 0.218. The first-order valence-electron chi connectivity index (χ1n) is 8.19. The maximum absolute atomic E-state index is 5.16. The Kier molecular flexibility index (Phi) is 5.56. The number of ether oxygens (including phenoxy) is 1. The minimum atomic E-state index is 0.713. The number of rotatable bonds is 6. The molecule has 1 saturated heterocycles. The number of piperidine rings is 1. The quantitative estimate of drug-likeness (QED) is 0.600. The maximum atomic E-state index is 5.16. The molecular weight excluding hydrogens is 308 g/mol. The topological polar surface area (TPSA) is 43.2 Å². The van der Waals surface area contributed by atoms with E-state index in [9.17, 15) is 0 Å². The second-order valence-electron chi connectivity index (χ2n) is 5.84. The zero-order valence-corrected chi connectivity index (χ0v) is 14.7. The van der Waals surface area contributed by atoms with Crippen LogP contribution >= 0.6 is 11.8 Å². The lowest BCUT2D eigenvalue weighted by atomic mass is 10.1. The van der Waals surface area contributed by atoms with Gasteiger partial charge in [-0.15, -0.1) is 10.2 Å². The number of aryl methyl sites for hydroxylation is 1. The molecule has 1 fully saturated rings. The fourth-order valence-corrected chi connectivity index (χ4v) is 3.64. The average molecular weight is 332 g/mol. The molecule has 0 saturated carbocycles. The Morgan fingerprint density at radius 2 is 1.83 bits per heavy atom. The normalized spacial score (nSPS) is 15.1. The number of hydrogen-bond donors (Lipinski definition) is 0. The van der Waals surface area contributed by atoms with Gasteiger partial charge < -0.3 is 9.64 Å². The fourth-order valence-electron chi connectivity index (χ4n) is 2.79. The van der Waals surface area contributed by atoms with Crippen molar-refractivity contribution in [2.45, 2.75) is 31.3 Å². The second-order valence-corrected chi connectivity index (χ2v) is 6.90. The van der Waals surface area contributed by atoms with Crippen molar-refractivity contribution in [3.8, 4) is 5.69 Å². The van der Waals surface area contributed by atoms with Crippen molar-refractivity contribution in [2.75, 3.05) is 37.5 Å². The van der Waals surface area contributed by atoms with Crippen molar-refractivity contribution in [3.63, 3.8) is 0 Å². The van der Waals surface area contributed by atoms with Crippen molar-refractivity contribution in [3.05, 3.63) is 29.8 Å². The van der Waals surface area contributed by atoms with Gasteiger partial charge in [0.05, 0.1) is 12.3 Å². The first-order valence-corrected chi connectivity index (χ1v) is 9.17.